The van der Waals surface area contributed by atoms with Gasteiger partial charge in [-0.2, -0.15) is 0 Å². The van der Waals surface area contributed by atoms with Crippen molar-refractivity contribution in [2.75, 3.05) is 14.7 Å². The Hall–Kier alpha value is -6.98. The molecule has 2 aliphatic heterocycles. The highest BCUT2D eigenvalue weighted by molar-refractivity contribution is 7.00. The molecule has 0 radical (unpaired) electrons. The minimum absolute atomic E-state index is 0.00619. The topological polar surface area (TPSA) is 22.9 Å². The smallest absolute Gasteiger partial charge is 0.252 e. The van der Waals surface area contributed by atoms with Crippen molar-refractivity contribution in [1.29, 1.82) is 0 Å². The molecule has 0 atom stereocenters. The summed E-state index contributed by atoms with van der Waals surface area (Å²) < 4.78 is 7.23. The molecule has 0 fully saturated rings. The number of anilines is 9. The van der Waals surface area contributed by atoms with Crippen molar-refractivity contribution in [1.82, 2.24) is 0 Å². The quantitative estimate of drug-likeness (QED) is 0.160. The van der Waals surface area contributed by atoms with Gasteiger partial charge in [-0.1, -0.05) is 212 Å². The van der Waals surface area contributed by atoms with E-state index in [0.717, 1.165) is 76.8 Å². The molecule has 9 aromatic rings. The Labute approximate surface area is 534 Å². The molecule has 89 heavy (non-hydrogen) atoms. The number of benzene rings is 8. The van der Waals surface area contributed by atoms with Crippen molar-refractivity contribution in [3.8, 4) is 0 Å². The van der Waals surface area contributed by atoms with Crippen LogP contribution in [0.15, 0.2) is 144 Å². The van der Waals surface area contributed by atoms with E-state index in [0.29, 0.717) is 0 Å². The normalized spacial score (nSPS) is 19.0. The van der Waals surface area contributed by atoms with Crippen LogP contribution in [0.5, 0.6) is 0 Å². The fourth-order valence-electron chi connectivity index (χ4n) is 16.7. The van der Waals surface area contributed by atoms with Gasteiger partial charge in [0.15, 0.2) is 0 Å². The largest absolute Gasteiger partial charge is 0.456 e. The third kappa shape index (κ3) is 9.32. The Morgan fingerprint density at radius 3 is 1.28 bits per heavy atom. The van der Waals surface area contributed by atoms with Crippen LogP contribution >= 0.6 is 0 Å². The number of furan rings is 1. The van der Waals surface area contributed by atoms with Crippen LogP contribution in [0.3, 0.4) is 0 Å². The summed E-state index contributed by atoms with van der Waals surface area (Å²) in [5.41, 5.74) is 29.2. The monoisotopic (exact) mass is 1180 g/mol. The average molecular weight is 1180 g/mol. The number of rotatable bonds is 5. The van der Waals surface area contributed by atoms with Crippen LogP contribution in [-0.4, -0.2) is 6.71 Å². The lowest BCUT2D eigenvalue weighted by Crippen LogP contribution is -2.62. The van der Waals surface area contributed by atoms with Crippen LogP contribution in [0.1, 0.15) is 234 Å². The van der Waals surface area contributed by atoms with E-state index in [2.05, 4.69) is 300 Å². The van der Waals surface area contributed by atoms with Gasteiger partial charge < -0.3 is 19.1 Å². The van der Waals surface area contributed by atoms with Crippen LogP contribution in [0.25, 0.3) is 21.9 Å². The van der Waals surface area contributed by atoms with Gasteiger partial charge >= 0.3 is 0 Å². The highest BCUT2D eigenvalue weighted by Gasteiger charge is 2.50. The van der Waals surface area contributed by atoms with Gasteiger partial charge in [0, 0.05) is 50.8 Å². The average Bonchev–Trinajstić information content (AvgIpc) is 1.00. The van der Waals surface area contributed by atoms with E-state index in [9.17, 15) is 0 Å². The predicted octanol–water partition coefficient (Wildman–Crippen LogP) is 22.1. The molecular formula is C84H98BN3O. The van der Waals surface area contributed by atoms with Gasteiger partial charge in [-0.3, -0.25) is 0 Å². The minimum atomic E-state index is -0.181. The number of fused-ring (bicyclic) bond motifs is 10. The van der Waals surface area contributed by atoms with Crippen molar-refractivity contribution < 1.29 is 4.42 Å². The van der Waals surface area contributed by atoms with Crippen molar-refractivity contribution in [2.45, 2.75) is 233 Å². The molecular weight excluding hydrogens is 1080 g/mol. The Morgan fingerprint density at radius 2 is 0.809 bits per heavy atom. The highest BCUT2D eigenvalue weighted by Crippen LogP contribution is 2.57. The van der Waals surface area contributed by atoms with Crippen LogP contribution in [-0.2, 0) is 48.7 Å². The number of hydrogen-bond acceptors (Lipinski definition) is 4. The first-order valence-corrected chi connectivity index (χ1v) is 33.7. The van der Waals surface area contributed by atoms with Crippen molar-refractivity contribution >= 4 is 96.2 Å². The summed E-state index contributed by atoms with van der Waals surface area (Å²) in [6.07, 6.45) is 6.85. The number of hydrogen-bond donors (Lipinski definition) is 0. The minimum Gasteiger partial charge on any atom is -0.456 e. The molecule has 5 aliphatic rings. The summed E-state index contributed by atoms with van der Waals surface area (Å²) in [5, 5.41) is 2.30. The summed E-state index contributed by atoms with van der Waals surface area (Å²) >= 11 is 0. The highest BCUT2D eigenvalue weighted by atomic mass is 16.3. The third-order valence-corrected chi connectivity index (χ3v) is 22.9. The molecule has 0 amide bonds. The second kappa shape index (κ2) is 19.3. The predicted molar refractivity (Wildman–Crippen MR) is 384 cm³/mol. The molecule has 0 unspecified atom stereocenters. The SMILES string of the molecule is CC(C)(C)c1ccc(N(c2ccc(C(C)(C)C)cc2)c2cc3c4c(c2)N(c2ccc(C(C)(C)C)c5oc6ccccc6c25)c2cc5c(cc2B4c2cc4c(cc2N3c2ccc3c(c2)C(C)(C)CCC3(C)C)C(C)(C)CCC4(C)C)C(C)(C)CCC5(C)C)cc1. The third-order valence-electron chi connectivity index (χ3n) is 22.9. The first kappa shape index (κ1) is 59.6. The maximum absolute atomic E-state index is 7.23. The van der Waals surface area contributed by atoms with Gasteiger partial charge in [-0.15, -0.1) is 0 Å². The van der Waals surface area contributed by atoms with Crippen LogP contribution in [0, 0.1) is 0 Å². The van der Waals surface area contributed by atoms with E-state index in [1.165, 1.54) is 101 Å². The second-order valence-electron chi connectivity index (χ2n) is 35.1. The zero-order chi connectivity index (χ0) is 63.5. The molecule has 458 valence electrons. The second-order valence-corrected chi connectivity index (χ2v) is 35.1. The first-order chi connectivity index (χ1) is 41.5. The Morgan fingerprint density at radius 1 is 0.382 bits per heavy atom. The summed E-state index contributed by atoms with van der Waals surface area (Å²) in [5.74, 6) is 0. The molecule has 1 aromatic heterocycles. The Bertz CT molecular complexity index is 4330. The standard InChI is InChI=1S/C84H98BN3O/c1-76(2,3)51-26-30-53(31-27-51)86(54-32-28-52(29-33-54)77(4,5)6)56-45-70-74-71(46-56)88(67-37-36-59(78(7,8)9)75-73(67)57-24-22-23-25-72(57)89-75)69-50-64-62(82(16,17)41-43-84(64,20)21)48-66(69)85(74)65-47-61-63(83(18,19)42-40-81(61,14)15)49-68(65)87(70)55-34-35-58-60(44-55)80(12,13)39-38-79(58,10)11/h22-37,44-50H,38-43H2,1-21H3. The van der Waals surface area contributed by atoms with Crippen molar-refractivity contribution in [3.63, 3.8) is 0 Å². The van der Waals surface area contributed by atoms with Crippen LogP contribution in [0.4, 0.5) is 51.2 Å². The van der Waals surface area contributed by atoms with E-state index in [1.54, 1.807) is 0 Å². The van der Waals surface area contributed by atoms with E-state index < -0.39 is 0 Å². The lowest BCUT2D eigenvalue weighted by atomic mass is 9.32. The number of para-hydroxylation sites is 1. The zero-order valence-corrected chi connectivity index (χ0v) is 57.8. The molecule has 0 saturated heterocycles. The Kier molecular flexibility index (Phi) is 12.9. The van der Waals surface area contributed by atoms with Gasteiger partial charge in [0.25, 0.3) is 6.71 Å². The molecule has 0 spiro atoms. The molecule has 0 saturated carbocycles. The molecule has 0 N–H and O–H groups in total. The molecule has 3 aliphatic carbocycles. The van der Waals surface area contributed by atoms with Gasteiger partial charge in [0.1, 0.15) is 11.2 Å². The molecule has 3 heterocycles. The Balaban J connectivity index is 1.19. The fraction of sp³-hybridized carbons (Fsp3) is 0.429. The van der Waals surface area contributed by atoms with Crippen LogP contribution < -0.4 is 31.1 Å². The molecule has 4 nitrogen and oxygen atoms in total. The van der Waals surface area contributed by atoms with Gasteiger partial charge in [0.2, 0.25) is 0 Å². The maximum atomic E-state index is 7.23. The lowest BCUT2D eigenvalue weighted by molar-refractivity contribution is 0.332. The maximum Gasteiger partial charge on any atom is 0.252 e. The molecule has 8 aromatic carbocycles. The number of nitrogens with zero attached hydrogens (tertiary/aromatic N) is 3. The van der Waals surface area contributed by atoms with E-state index in [-0.39, 0.29) is 55.4 Å². The summed E-state index contributed by atoms with van der Waals surface area (Å²) in [6, 6.07) is 56.3. The van der Waals surface area contributed by atoms with Crippen molar-refractivity contribution in [3.05, 3.63) is 190 Å². The lowest BCUT2D eigenvalue weighted by Gasteiger charge is -2.49. The summed E-state index contributed by atoms with van der Waals surface area (Å²) in [7, 11) is 0. The first-order valence-electron chi connectivity index (χ1n) is 33.7. The molecule has 14 rings (SSSR count). The van der Waals surface area contributed by atoms with Gasteiger partial charge in [0.05, 0.1) is 16.8 Å². The van der Waals surface area contributed by atoms with Crippen LogP contribution in [0.2, 0.25) is 0 Å². The summed E-state index contributed by atoms with van der Waals surface area (Å²) in [6.45, 7) is 50.9. The summed E-state index contributed by atoms with van der Waals surface area (Å²) in [4.78, 5) is 8.06. The molecule has 0 bridgehead atoms. The van der Waals surface area contributed by atoms with Crippen molar-refractivity contribution in [2.24, 2.45) is 0 Å². The van der Waals surface area contributed by atoms with E-state index in [4.69, 9.17) is 4.42 Å². The zero-order valence-electron chi connectivity index (χ0n) is 57.8. The van der Waals surface area contributed by atoms with E-state index >= 15 is 0 Å². The van der Waals surface area contributed by atoms with Gasteiger partial charge in [-0.05, 0) is 221 Å². The molecule has 5 heteroatoms. The van der Waals surface area contributed by atoms with Gasteiger partial charge in [-0.25, -0.2) is 0 Å². The fourth-order valence-corrected chi connectivity index (χ4v) is 16.7. The van der Waals surface area contributed by atoms with E-state index in [1.807, 2.05) is 0 Å².